The number of nitrogens with one attached hydrogen (secondary N) is 1. The van der Waals surface area contributed by atoms with Crippen molar-refractivity contribution in [3.8, 4) is 0 Å². The lowest BCUT2D eigenvalue weighted by molar-refractivity contribution is 0.0940. The summed E-state index contributed by atoms with van der Waals surface area (Å²) in [6.07, 6.45) is 1.58. The Bertz CT molecular complexity index is 760. The second-order valence-electron chi connectivity index (χ2n) is 4.55. The molecular formula is C15H13ClN2O2. The van der Waals surface area contributed by atoms with Gasteiger partial charge in [-0.05, 0) is 30.3 Å². The predicted molar refractivity (Wildman–Crippen MR) is 77.8 cm³/mol. The smallest absolute Gasteiger partial charge is 0.268 e. The zero-order valence-electron chi connectivity index (χ0n) is 10.9. The monoisotopic (exact) mass is 288 g/mol. The van der Waals surface area contributed by atoms with Crippen LogP contribution in [0, 0.1) is 0 Å². The van der Waals surface area contributed by atoms with Gasteiger partial charge in [-0.1, -0.05) is 17.7 Å². The lowest BCUT2D eigenvalue weighted by atomic mass is 10.2. The Morgan fingerprint density at radius 1 is 1.35 bits per heavy atom. The molecule has 2 heterocycles. The second-order valence-corrected chi connectivity index (χ2v) is 4.99. The molecule has 0 aliphatic carbocycles. The van der Waals surface area contributed by atoms with Gasteiger partial charge in [0, 0.05) is 23.0 Å². The molecule has 3 aromatic rings. The lowest BCUT2D eigenvalue weighted by Gasteiger charge is -2.05. The Morgan fingerprint density at radius 3 is 2.95 bits per heavy atom. The molecule has 5 heteroatoms. The van der Waals surface area contributed by atoms with Crippen LogP contribution >= 0.6 is 11.6 Å². The SMILES string of the molecule is Cn1c(C(=O)NCc2ccco2)cc2ccc(Cl)cc21. The van der Waals surface area contributed by atoms with E-state index >= 15 is 0 Å². The van der Waals surface area contributed by atoms with E-state index < -0.39 is 0 Å². The van der Waals surface area contributed by atoms with Crippen molar-refractivity contribution in [2.24, 2.45) is 7.05 Å². The molecule has 0 saturated heterocycles. The highest BCUT2D eigenvalue weighted by molar-refractivity contribution is 6.31. The van der Waals surface area contributed by atoms with Crippen molar-refractivity contribution in [1.29, 1.82) is 0 Å². The molecule has 1 amide bonds. The third kappa shape index (κ3) is 2.30. The molecule has 102 valence electrons. The Balaban J connectivity index is 1.86. The lowest BCUT2D eigenvalue weighted by Crippen LogP contribution is -2.24. The normalized spacial score (nSPS) is 10.9. The van der Waals surface area contributed by atoms with Gasteiger partial charge in [0.2, 0.25) is 0 Å². The second kappa shape index (κ2) is 5.06. The van der Waals surface area contributed by atoms with E-state index in [1.165, 1.54) is 0 Å². The minimum Gasteiger partial charge on any atom is -0.467 e. The summed E-state index contributed by atoms with van der Waals surface area (Å²) in [5.41, 5.74) is 1.52. The summed E-state index contributed by atoms with van der Waals surface area (Å²) in [6, 6.07) is 11.0. The van der Waals surface area contributed by atoms with Crippen LogP contribution < -0.4 is 5.32 Å². The standard InChI is InChI=1S/C15H13ClN2O2/c1-18-13-8-11(16)5-4-10(13)7-14(18)15(19)17-9-12-3-2-6-20-12/h2-8H,9H2,1H3,(H,17,19). The van der Waals surface area contributed by atoms with Gasteiger partial charge in [-0.15, -0.1) is 0 Å². The number of aromatic nitrogens is 1. The van der Waals surface area contributed by atoms with Gasteiger partial charge in [0.15, 0.2) is 0 Å². The fraction of sp³-hybridized carbons (Fsp3) is 0.133. The predicted octanol–water partition coefficient (Wildman–Crippen LogP) is 3.35. The van der Waals surface area contributed by atoms with Crippen LogP contribution in [0.25, 0.3) is 10.9 Å². The zero-order chi connectivity index (χ0) is 14.1. The average Bonchev–Trinajstić information content (AvgIpc) is 3.05. The maximum atomic E-state index is 12.2. The van der Waals surface area contributed by atoms with Crippen LogP contribution in [0.2, 0.25) is 5.02 Å². The molecule has 4 nitrogen and oxygen atoms in total. The number of amides is 1. The Labute approximate surface area is 120 Å². The average molecular weight is 289 g/mol. The molecule has 1 aromatic carbocycles. The van der Waals surface area contributed by atoms with Crippen molar-refractivity contribution < 1.29 is 9.21 Å². The number of furan rings is 1. The number of halogens is 1. The van der Waals surface area contributed by atoms with E-state index in [0.717, 1.165) is 16.7 Å². The van der Waals surface area contributed by atoms with E-state index in [1.54, 1.807) is 12.3 Å². The Morgan fingerprint density at radius 2 is 2.20 bits per heavy atom. The van der Waals surface area contributed by atoms with Gasteiger partial charge in [0.05, 0.1) is 12.8 Å². The topological polar surface area (TPSA) is 47.2 Å². The first-order chi connectivity index (χ1) is 9.65. The molecule has 0 bridgehead atoms. The van der Waals surface area contributed by atoms with Crippen LogP contribution in [-0.2, 0) is 13.6 Å². The first-order valence-corrected chi connectivity index (χ1v) is 6.58. The van der Waals surface area contributed by atoms with Crippen LogP contribution in [0.1, 0.15) is 16.2 Å². The number of fused-ring (bicyclic) bond motifs is 1. The molecule has 0 radical (unpaired) electrons. The number of aryl methyl sites for hydroxylation is 1. The van der Waals surface area contributed by atoms with Gasteiger partial charge in [-0.2, -0.15) is 0 Å². The van der Waals surface area contributed by atoms with E-state index in [1.807, 2.05) is 41.9 Å². The highest BCUT2D eigenvalue weighted by Gasteiger charge is 2.13. The molecule has 0 aliphatic heterocycles. The molecule has 0 aliphatic rings. The minimum atomic E-state index is -0.142. The van der Waals surface area contributed by atoms with Crippen molar-refractivity contribution >= 4 is 28.4 Å². The Kier molecular flexibility index (Phi) is 3.24. The van der Waals surface area contributed by atoms with E-state index in [4.69, 9.17) is 16.0 Å². The number of carbonyl (C=O) groups excluding carboxylic acids is 1. The van der Waals surface area contributed by atoms with Crippen LogP contribution in [0.15, 0.2) is 47.1 Å². The largest absolute Gasteiger partial charge is 0.467 e. The molecule has 0 atom stereocenters. The summed E-state index contributed by atoms with van der Waals surface area (Å²) < 4.78 is 7.02. The summed E-state index contributed by atoms with van der Waals surface area (Å²) in [7, 11) is 1.85. The van der Waals surface area contributed by atoms with Crippen LogP contribution in [0.5, 0.6) is 0 Å². The molecule has 20 heavy (non-hydrogen) atoms. The summed E-state index contributed by atoms with van der Waals surface area (Å²) >= 11 is 5.98. The van der Waals surface area contributed by atoms with E-state index in [9.17, 15) is 4.79 Å². The molecular weight excluding hydrogens is 276 g/mol. The van der Waals surface area contributed by atoms with Gasteiger partial charge in [0.1, 0.15) is 11.5 Å². The van der Waals surface area contributed by atoms with Crippen molar-refractivity contribution in [2.45, 2.75) is 6.54 Å². The molecule has 0 spiro atoms. The molecule has 3 rings (SSSR count). The van der Waals surface area contributed by atoms with Crippen molar-refractivity contribution in [2.75, 3.05) is 0 Å². The number of rotatable bonds is 3. The van der Waals surface area contributed by atoms with E-state index in [0.29, 0.717) is 17.3 Å². The number of carbonyl (C=O) groups is 1. The number of benzene rings is 1. The first kappa shape index (κ1) is 12.8. The summed E-state index contributed by atoms with van der Waals surface area (Å²) in [4.78, 5) is 12.2. The van der Waals surface area contributed by atoms with Gasteiger partial charge in [0.25, 0.3) is 5.91 Å². The maximum absolute atomic E-state index is 12.2. The number of hydrogen-bond donors (Lipinski definition) is 1. The third-order valence-corrected chi connectivity index (χ3v) is 3.48. The first-order valence-electron chi connectivity index (χ1n) is 6.21. The minimum absolute atomic E-state index is 0.142. The van der Waals surface area contributed by atoms with Crippen molar-refractivity contribution in [3.05, 3.63) is 59.1 Å². The quantitative estimate of drug-likeness (QED) is 0.803. The maximum Gasteiger partial charge on any atom is 0.268 e. The highest BCUT2D eigenvalue weighted by Crippen LogP contribution is 2.22. The van der Waals surface area contributed by atoms with E-state index in [-0.39, 0.29) is 5.91 Å². The molecule has 0 saturated carbocycles. The third-order valence-electron chi connectivity index (χ3n) is 3.24. The van der Waals surface area contributed by atoms with Crippen LogP contribution in [-0.4, -0.2) is 10.5 Å². The fourth-order valence-electron chi connectivity index (χ4n) is 2.19. The van der Waals surface area contributed by atoms with E-state index in [2.05, 4.69) is 5.32 Å². The van der Waals surface area contributed by atoms with Gasteiger partial charge in [-0.3, -0.25) is 4.79 Å². The van der Waals surface area contributed by atoms with Gasteiger partial charge in [-0.25, -0.2) is 0 Å². The molecule has 2 aromatic heterocycles. The fourth-order valence-corrected chi connectivity index (χ4v) is 2.36. The summed E-state index contributed by atoms with van der Waals surface area (Å²) in [5.74, 6) is 0.580. The van der Waals surface area contributed by atoms with Crippen molar-refractivity contribution in [3.63, 3.8) is 0 Å². The molecule has 1 N–H and O–H groups in total. The molecule has 0 unspecified atom stereocenters. The summed E-state index contributed by atoms with van der Waals surface area (Å²) in [6.45, 7) is 0.369. The van der Waals surface area contributed by atoms with Crippen LogP contribution in [0.3, 0.4) is 0 Å². The van der Waals surface area contributed by atoms with Crippen molar-refractivity contribution in [1.82, 2.24) is 9.88 Å². The number of hydrogen-bond acceptors (Lipinski definition) is 2. The summed E-state index contributed by atoms with van der Waals surface area (Å²) in [5, 5.41) is 4.47. The Hall–Kier alpha value is -2.20. The number of nitrogens with zero attached hydrogens (tertiary/aromatic N) is 1. The van der Waals surface area contributed by atoms with Gasteiger partial charge < -0.3 is 14.3 Å². The van der Waals surface area contributed by atoms with Gasteiger partial charge >= 0.3 is 0 Å². The van der Waals surface area contributed by atoms with Crippen LogP contribution in [0.4, 0.5) is 0 Å². The zero-order valence-corrected chi connectivity index (χ0v) is 11.6. The highest BCUT2D eigenvalue weighted by atomic mass is 35.5. The molecule has 0 fully saturated rings.